The van der Waals surface area contributed by atoms with Crippen LogP contribution in [0.4, 0.5) is 0 Å². The second kappa shape index (κ2) is 13.1. The SMILES string of the molecule is CC[C@H](C)NC(=O)[C@H](CC)N(Cc1ccc(Cl)cc1Cl)C(=O)CSCc1ccc(C)cc1. The van der Waals surface area contributed by atoms with Crippen LogP contribution < -0.4 is 5.32 Å². The summed E-state index contributed by atoms with van der Waals surface area (Å²) < 4.78 is 0. The zero-order valence-corrected chi connectivity index (χ0v) is 21.5. The number of nitrogens with zero attached hydrogens (tertiary/aromatic N) is 1. The van der Waals surface area contributed by atoms with Gasteiger partial charge in [0.1, 0.15) is 6.04 Å². The van der Waals surface area contributed by atoms with Crippen molar-refractivity contribution in [3.8, 4) is 0 Å². The summed E-state index contributed by atoms with van der Waals surface area (Å²) in [5.74, 6) is 0.798. The summed E-state index contributed by atoms with van der Waals surface area (Å²) >= 11 is 14.0. The van der Waals surface area contributed by atoms with Gasteiger partial charge in [0.05, 0.1) is 5.75 Å². The van der Waals surface area contributed by atoms with E-state index in [-0.39, 0.29) is 30.2 Å². The van der Waals surface area contributed by atoms with Crippen molar-refractivity contribution >= 4 is 46.8 Å². The van der Waals surface area contributed by atoms with E-state index in [4.69, 9.17) is 23.2 Å². The Hall–Kier alpha value is -1.69. The van der Waals surface area contributed by atoms with Crippen molar-refractivity contribution in [2.75, 3.05) is 5.75 Å². The Bertz CT molecular complexity index is 905. The Kier molecular flexibility index (Phi) is 10.9. The largest absolute Gasteiger partial charge is 0.352 e. The van der Waals surface area contributed by atoms with Gasteiger partial charge < -0.3 is 10.2 Å². The quantitative estimate of drug-likeness (QED) is 0.401. The number of hydrogen-bond donors (Lipinski definition) is 1. The van der Waals surface area contributed by atoms with Crippen LogP contribution in [0, 0.1) is 6.92 Å². The molecule has 2 atom stereocenters. The Morgan fingerprint density at radius 2 is 1.75 bits per heavy atom. The average Bonchev–Trinajstić information content (AvgIpc) is 2.76. The van der Waals surface area contributed by atoms with Crippen molar-refractivity contribution in [1.82, 2.24) is 10.2 Å². The Morgan fingerprint density at radius 3 is 2.34 bits per heavy atom. The number of hydrogen-bond acceptors (Lipinski definition) is 3. The molecule has 2 aromatic carbocycles. The lowest BCUT2D eigenvalue weighted by atomic mass is 10.1. The minimum atomic E-state index is -0.566. The summed E-state index contributed by atoms with van der Waals surface area (Å²) in [5.41, 5.74) is 3.14. The third-order valence-corrected chi connectivity index (χ3v) is 6.93. The van der Waals surface area contributed by atoms with Crippen LogP contribution in [0.1, 0.15) is 50.3 Å². The van der Waals surface area contributed by atoms with E-state index < -0.39 is 6.04 Å². The molecule has 0 aromatic heterocycles. The predicted octanol–water partition coefficient (Wildman–Crippen LogP) is 6.26. The van der Waals surface area contributed by atoms with Crippen molar-refractivity contribution < 1.29 is 9.59 Å². The van der Waals surface area contributed by atoms with Gasteiger partial charge in [-0.25, -0.2) is 0 Å². The zero-order valence-electron chi connectivity index (χ0n) is 19.2. The summed E-state index contributed by atoms with van der Waals surface area (Å²) in [6.45, 7) is 8.21. The van der Waals surface area contributed by atoms with Gasteiger partial charge in [-0.2, -0.15) is 0 Å². The third-order valence-electron chi connectivity index (χ3n) is 5.36. The highest BCUT2D eigenvalue weighted by Gasteiger charge is 2.29. The van der Waals surface area contributed by atoms with E-state index in [1.807, 2.05) is 26.8 Å². The molecule has 0 bridgehead atoms. The maximum Gasteiger partial charge on any atom is 0.243 e. The van der Waals surface area contributed by atoms with Crippen LogP contribution in [0.3, 0.4) is 0 Å². The second-order valence-corrected chi connectivity index (χ2v) is 9.81. The van der Waals surface area contributed by atoms with Gasteiger partial charge in [0.15, 0.2) is 0 Å². The van der Waals surface area contributed by atoms with Crippen molar-refractivity contribution in [2.45, 2.75) is 64.9 Å². The van der Waals surface area contributed by atoms with Gasteiger partial charge in [0, 0.05) is 28.4 Å². The van der Waals surface area contributed by atoms with Crippen molar-refractivity contribution in [2.24, 2.45) is 0 Å². The normalized spacial score (nSPS) is 12.8. The summed E-state index contributed by atoms with van der Waals surface area (Å²) in [6.07, 6.45) is 1.34. The van der Waals surface area contributed by atoms with E-state index in [0.29, 0.717) is 16.5 Å². The van der Waals surface area contributed by atoms with Gasteiger partial charge in [-0.15, -0.1) is 11.8 Å². The molecule has 32 heavy (non-hydrogen) atoms. The minimum absolute atomic E-state index is 0.0449. The van der Waals surface area contributed by atoms with E-state index in [2.05, 4.69) is 36.5 Å². The van der Waals surface area contributed by atoms with Crippen LogP contribution >= 0.6 is 35.0 Å². The molecule has 0 heterocycles. The number of nitrogens with one attached hydrogen (secondary N) is 1. The molecule has 0 spiro atoms. The van der Waals surface area contributed by atoms with E-state index in [9.17, 15) is 9.59 Å². The molecule has 0 saturated carbocycles. The molecular formula is C25H32Cl2N2O2S. The fraction of sp³-hybridized carbons (Fsp3) is 0.440. The van der Waals surface area contributed by atoms with Crippen LogP contribution in [-0.4, -0.2) is 34.6 Å². The van der Waals surface area contributed by atoms with Gasteiger partial charge in [-0.1, -0.05) is 72.9 Å². The summed E-state index contributed by atoms with van der Waals surface area (Å²) in [5, 5.41) is 4.04. The molecule has 0 fully saturated rings. The van der Waals surface area contributed by atoms with Crippen LogP contribution in [0.15, 0.2) is 42.5 Å². The highest BCUT2D eigenvalue weighted by molar-refractivity contribution is 7.99. The van der Waals surface area contributed by atoms with Crippen LogP contribution in [0.5, 0.6) is 0 Å². The van der Waals surface area contributed by atoms with Gasteiger partial charge >= 0.3 is 0 Å². The first-order chi connectivity index (χ1) is 15.2. The first-order valence-corrected chi connectivity index (χ1v) is 12.8. The number of benzene rings is 2. The summed E-state index contributed by atoms with van der Waals surface area (Å²) in [4.78, 5) is 27.9. The number of carbonyl (C=O) groups excluding carboxylic acids is 2. The smallest absolute Gasteiger partial charge is 0.243 e. The lowest BCUT2D eigenvalue weighted by Gasteiger charge is -2.31. The van der Waals surface area contributed by atoms with E-state index in [0.717, 1.165) is 17.7 Å². The molecule has 174 valence electrons. The molecule has 0 radical (unpaired) electrons. The highest BCUT2D eigenvalue weighted by atomic mass is 35.5. The Morgan fingerprint density at radius 1 is 1.06 bits per heavy atom. The Labute approximate surface area is 206 Å². The number of rotatable bonds is 11. The summed E-state index contributed by atoms with van der Waals surface area (Å²) in [7, 11) is 0. The number of amides is 2. The van der Waals surface area contributed by atoms with Gasteiger partial charge in [-0.3, -0.25) is 9.59 Å². The number of aryl methyl sites for hydroxylation is 1. The minimum Gasteiger partial charge on any atom is -0.352 e. The predicted molar refractivity (Wildman–Crippen MR) is 136 cm³/mol. The number of carbonyl (C=O) groups is 2. The molecule has 0 aliphatic rings. The van der Waals surface area contributed by atoms with Crippen molar-refractivity contribution in [3.63, 3.8) is 0 Å². The molecule has 0 aliphatic carbocycles. The maximum atomic E-state index is 13.3. The maximum absolute atomic E-state index is 13.3. The van der Waals surface area contributed by atoms with Crippen LogP contribution in [0.25, 0.3) is 0 Å². The van der Waals surface area contributed by atoms with Crippen molar-refractivity contribution in [3.05, 3.63) is 69.2 Å². The molecule has 1 N–H and O–H groups in total. The molecule has 7 heteroatoms. The van der Waals surface area contributed by atoms with Gasteiger partial charge in [-0.05, 0) is 49.9 Å². The molecule has 0 unspecified atom stereocenters. The van der Waals surface area contributed by atoms with E-state index >= 15 is 0 Å². The highest BCUT2D eigenvalue weighted by Crippen LogP contribution is 2.24. The molecule has 0 aliphatic heterocycles. The van der Waals surface area contributed by atoms with Gasteiger partial charge in [0.25, 0.3) is 0 Å². The molecular weight excluding hydrogens is 463 g/mol. The lowest BCUT2D eigenvalue weighted by Crippen LogP contribution is -2.51. The summed E-state index contributed by atoms with van der Waals surface area (Å²) in [6, 6.07) is 13.0. The van der Waals surface area contributed by atoms with Crippen LogP contribution in [0.2, 0.25) is 10.0 Å². The molecule has 0 saturated heterocycles. The number of thioether (sulfide) groups is 1. The Balaban J connectivity index is 2.17. The fourth-order valence-electron chi connectivity index (χ4n) is 3.22. The van der Waals surface area contributed by atoms with E-state index in [1.165, 1.54) is 11.1 Å². The standard InChI is InChI=1S/C25H32Cl2N2O2S/c1-5-18(4)28-25(31)23(6-2)29(14-20-11-12-21(26)13-22(20)27)24(30)16-32-15-19-9-7-17(3)8-10-19/h7-13,18,23H,5-6,14-16H2,1-4H3,(H,28,31)/t18-,23-/m0/s1. The molecule has 2 amide bonds. The molecule has 2 rings (SSSR count). The first kappa shape index (κ1) is 26.6. The van der Waals surface area contributed by atoms with Crippen LogP contribution in [-0.2, 0) is 21.9 Å². The van der Waals surface area contributed by atoms with Gasteiger partial charge in [0.2, 0.25) is 11.8 Å². The molecule has 2 aromatic rings. The average molecular weight is 496 g/mol. The van der Waals surface area contributed by atoms with Crippen molar-refractivity contribution in [1.29, 1.82) is 0 Å². The topological polar surface area (TPSA) is 49.4 Å². The molecule has 4 nitrogen and oxygen atoms in total. The fourth-order valence-corrected chi connectivity index (χ4v) is 4.56. The second-order valence-electron chi connectivity index (χ2n) is 7.98. The zero-order chi connectivity index (χ0) is 23.7. The lowest BCUT2D eigenvalue weighted by molar-refractivity contribution is -0.139. The third kappa shape index (κ3) is 8.02. The first-order valence-electron chi connectivity index (χ1n) is 10.9. The monoisotopic (exact) mass is 494 g/mol. The van der Waals surface area contributed by atoms with E-state index in [1.54, 1.807) is 28.8 Å². The number of halogens is 2.